The highest BCUT2D eigenvalue weighted by Crippen LogP contribution is 2.15. The number of hydrogen-bond donors (Lipinski definition) is 0. The summed E-state index contributed by atoms with van der Waals surface area (Å²) in [6.07, 6.45) is 2.75. The van der Waals surface area contributed by atoms with Gasteiger partial charge >= 0.3 is 6.09 Å². The van der Waals surface area contributed by atoms with Gasteiger partial charge < -0.3 is 14.5 Å². The molecule has 0 aliphatic carbocycles. The number of ether oxygens (including phenoxy) is 1. The number of likely N-dealkylation sites (tertiary alicyclic amines) is 1. The monoisotopic (exact) mass is 345 g/mol. The van der Waals surface area contributed by atoms with E-state index in [-0.39, 0.29) is 18.0 Å². The lowest BCUT2D eigenvalue weighted by molar-refractivity contribution is -0.135. The van der Waals surface area contributed by atoms with Crippen LogP contribution in [0.3, 0.4) is 0 Å². The molecule has 2 amide bonds. The van der Waals surface area contributed by atoms with Gasteiger partial charge in [-0.15, -0.1) is 0 Å². The van der Waals surface area contributed by atoms with Crippen LogP contribution in [0.25, 0.3) is 0 Å². The molecule has 1 aromatic rings. The van der Waals surface area contributed by atoms with Gasteiger partial charge in [-0.25, -0.2) is 4.79 Å². The van der Waals surface area contributed by atoms with Crippen LogP contribution in [0.1, 0.15) is 26.2 Å². The average Bonchev–Trinajstić information content (AvgIpc) is 3.05. The van der Waals surface area contributed by atoms with E-state index in [1.165, 1.54) is 0 Å². The Bertz CT molecular complexity index is 587. The van der Waals surface area contributed by atoms with Gasteiger partial charge in [-0.05, 0) is 38.3 Å². The van der Waals surface area contributed by atoms with Gasteiger partial charge in [0.1, 0.15) is 5.75 Å². The lowest BCUT2D eigenvalue weighted by atomic mass is 10.2. The number of carbonyl (C=O) groups excluding carboxylic acids is 2. The largest absolute Gasteiger partial charge is 0.415 e. The van der Waals surface area contributed by atoms with Crippen molar-refractivity contribution in [1.29, 1.82) is 0 Å². The van der Waals surface area contributed by atoms with Gasteiger partial charge in [0.15, 0.2) is 0 Å². The van der Waals surface area contributed by atoms with Gasteiger partial charge in [0.05, 0.1) is 6.04 Å². The number of para-hydroxylation sites is 1. The Morgan fingerprint density at radius 1 is 0.880 bits per heavy atom. The maximum absolute atomic E-state index is 12.6. The van der Waals surface area contributed by atoms with Crippen LogP contribution in [-0.4, -0.2) is 72.0 Å². The summed E-state index contributed by atoms with van der Waals surface area (Å²) >= 11 is 0. The van der Waals surface area contributed by atoms with Crippen LogP contribution in [0.4, 0.5) is 4.79 Å². The van der Waals surface area contributed by atoms with Crippen LogP contribution in [0.15, 0.2) is 30.3 Å². The van der Waals surface area contributed by atoms with Crippen LogP contribution < -0.4 is 4.74 Å². The molecule has 3 rings (SSSR count). The zero-order valence-electron chi connectivity index (χ0n) is 14.9. The van der Waals surface area contributed by atoms with Crippen molar-refractivity contribution in [1.82, 2.24) is 14.7 Å². The molecule has 0 unspecified atom stereocenters. The Morgan fingerprint density at radius 2 is 1.56 bits per heavy atom. The maximum Gasteiger partial charge on any atom is 0.415 e. The first-order valence-electron chi connectivity index (χ1n) is 9.20. The molecule has 1 atom stereocenters. The molecule has 2 fully saturated rings. The van der Waals surface area contributed by atoms with Crippen molar-refractivity contribution in [2.45, 2.75) is 32.2 Å². The van der Waals surface area contributed by atoms with Gasteiger partial charge in [0.2, 0.25) is 5.91 Å². The van der Waals surface area contributed by atoms with E-state index >= 15 is 0 Å². The van der Waals surface area contributed by atoms with Gasteiger partial charge in [-0.2, -0.15) is 0 Å². The van der Waals surface area contributed by atoms with E-state index in [0.29, 0.717) is 25.4 Å². The second kappa shape index (κ2) is 8.34. The molecule has 1 aromatic carbocycles. The topological polar surface area (TPSA) is 53.1 Å². The molecule has 0 N–H and O–H groups in total. The number of nitrogens with zero attached hydrogens (tertiary/aromatic N) is 3. The van der Waals surface area contributed by atoms with E-state index in [4.69, 9.17) is 4.74 Å². The van der Waals surface area contributed by atoms with E-state index in [0.717, 1.165) is 38.9 Å². The molecule has 2 aliphatic heterocycles. The minimum atomic E-state index is -0.313. The summed E-state index contributed by atoms with van der Waals surface area (Å²) in [6.45, 7) is 6.52. The van der Waals surface area contributed by atoms with E-state index in [2.05, 4.69) is 4.90 Å². The first-order valence-corrected chi connectivity index (χ1v) is 9.20. The van der Waals surface area contributed by atoms with Gasteiger partial charge in [0, 0.05) is 39.3 Å². The van der Waals surface area contributed by atoms with Crippen molar-refractivity contribution >= 4 is 12.0 Å². The number of benzene rings is 1. The van der Waals surface area contributed by atoms with Crippen LogP contribution in [-0.2, 0) is 4.79 Å². The fourth-order valence-electron chi connectivity index (χ4n) is 3.52. The molecule has 2 aliphatic rings. The standard InChI is InChI=1S/C19H27N3O3/c1-16(18(23)21-10-5-6-11-21)20-12-7-13-22(15-14-20)19(24)25-17-8-3-2-4-9-17/h2-4,8-9,16H,5-7,10-15H2,1H3/t16-/m0/s1. The van der Waals surface area contributed by atoms with Crippen molar-refractivity contribution in [3.8, 4) is 5.75 Å². The third-order valence-corrected chi connectivity index (χ3v) is 5.06. The van der Waals surface area contributed by atoms with Crippen LogP contribution in [0.5, 0.6) is 5.75 Å². The smallest absolute Gasteiger partial charge is 0.410 e. The first-order chi connectivity index (χ1) is 12.1. The molecule has 0 bridgehead atoms. The molecule has 0 spiro atoms. The highest BCUT2D eigenvalue weighted by Gasteiger charge is 2.30. The second-order valence-corrected chi connectivity index (χ2v) is 6.77. The molecule has 0 radical (unpaired) electrons. The maximum atomic E-state index is 12.6. The summed E-state index contributed by atoms with van der Waals surface area (Å²) in [5.74, 6) is 0.781. The Labute approximate surface area is 149 Å². The molecule has 25 heavy (non-hydrogen) atoms. The highest BCUT2D eigenvalue weighted by atomic mass is 16.6. The zero-order chi connectivity index (χ0) is 17.6. The summed E-state index contributed by atoms with van der Waals surface area (Å²) < 4.78 is 5.43. The van der Waals surface area contributed by atoms with E-state index in [9.17, 15) is 9.59 Å². The SMILES string of the molecule is C[C@@H](C(=O)N1CCCC1)N1CCCN(C(=O)Oc2ccccc2)CC1. The van der Waals surface area contributed by atoms with Crippen LogP contribution >= 0.6 is 0 Å². The van der Waals surface area contributed by atoms with Crippen LogP contribution in [0, 0.1) is 0 Å². The summed E-state index contributed by atoms with van der Waals surface area (Å²) in [4.78, 5) is 30.8. The summed E-state index contributed by atoms with van der Waals surface area (Å²) in [5.41, 5.74) is 0. The third-order valence-electron chi connectivity index (χ3n) is 5.06. The number of rotatable bonds is 3. The van der Waals surface area contributed by atoms with Gasteiger partial charge in [0.25, 0.3) is 0 Å². The third kappa shape index (κ3) is 4.51. The van der Waals surface area contributed by atoms with E-state index in [1.807, 2.05) is 30.0 Å². The fraction of sp³-hybridized carbons (Fsp3) is 0.579. The van der Waals surface area contributed by atoms with Crippen molar-refractivity contribution < 1.29 is 14.3 Å². The normalized spacial score (nSPS) is 20.2. The van der Waals surface area contributed by atoms with Gasteiger partial charge in [-0.3, -0.25) is 9.69 Å². The summed E-state index contributed by atoms with van der Waals surface area (Å²) in [7, 11) is 0. The predicted octanol–water partition coefficient (Wildman–Crippen LogP) is 2.20. The molecule has 6 heteroatoms. The highest BCUT2D eigenvalue weighted by molar-refractivity contribution is 5.81. The zero-order valence-corrected chi connectivity index (χ0v) is 14.9. The molecule has 2 heterocycles. The average molecular weight is 345 g/mol. The minimum absolute atomic E-state index is 0.122. The summed E-state index contributed by atoms with van der Waals surface area (Å²) in [6, 6.07) is 9.01. The second-order valence-electron chi connectivity index (χ2n) is 6.77. The van der Waals surface area contributed by atoms with Crippen molar-refractivity contribution in [3.05, 3.63) is 30.3 Å². The van der Waals surface area contributed by atoms with Crippen LogP contribution in [0.2, 0.25) is 0 Å². The fourth-order valence-corrected chi connectivity index (χ4v) is 3.52. The molecule has 0 aromatic heterocycles. The van der Waals surface area contributed by atoms with E-state index < -0.39 is 0 Å². The quantitative estimate of drug-likeness (QED) is 0.843. The molecule has 6 nitrogen and oxygen atoms in total. The molecule has 2 saturated heterocycles. The number of carbonyl (C=O) groups is 2. The molecular weight excluding hydrogens is 318 g/mol. The van der Waals surface area contributed by atoms with Crippen molar-refractivity contribution in [2.24, 2.45) is 0 Å². The molecule has 0 saturated carbocycles. The molecular formula is C19H27N3O3. The van der Waals surface area contributed by atoms with Gasteiger partial charge in [-0.1, -0.05) is 18.2 Å². The van der Waals surface area contributed by atoms with Crippen molar-refractivity contribution in [3.63, 3.8) is 0 Å². The predicted molar refractivity (Wildman–Crippen MR) is 95.5 cm³/mol. The lowest BCUT2D eigenvalue weighted by Gasteiger charge is -2.30. The molecule has 136 valence electrons. The summed E-state index contributed by atoms with van der Waals surface area (Å²) in [5, 5.41) is 0. The Balaban J connectivity index is 1.53. The number of hydrogen-bond acceptors (Lipinski definition) is 4. The minimum Gasteiger partial charge on any atom is -0.410 e. The Kier molecular flexibility index (Phi) is 5.91. The Morgan fingerprint density at radius 3 is 2.28 bits per heavy atom. The Hall–Kier alpha value is -2.08. The lowest BCUT2D eigenvalue weighted by Crippen LogP contribution is -2.47. The van der Waals surface area contributed by atoms with E-state index in [1.54, 1.807) is 17.0 Å². The van der Waals surface area contributed by atoms with Crippen molar-refractivity contribution in [2.75, 3.05) is 39.3 Å². The number of amides is 2. The first kappa shape index (κ1) is 17.7.